The summed E-state index contributed by atoms with van der Waals surface area (Å²) in [6.07, 6.45) is 0. The van der Waals surface area contributed by atoms with Gasteiger partial charge in [0.25, 0.3) is 0 Å². The predicted octanol–water partition coefficient (Wildman–Crippen LogP) is 2.00. The summed E-state index contributed by atoms with van der Waals surface area (Å²) < 4.78 is 0. The molecule has 0 aromatic heterocycles. The molecule has 0 unspecified atom stereocenters. The van der Waals surface area contributed by atoms with Crippen LogP contribution in [0, 0.1) is 4.91 Å². The van der Waals surface area contributed by atoms with Crippen molar-refractivity contribution < 1.29 is 9.59 Å². The molecule has 0 aliphatic heterocycles. The van der Waals surface area contributed by atoms with Gasteiger partial charge in [0.05, 0.1) is 5.69 Å². The second-order valence-corrected chi connectivity index (χ2v) is 3.19. The van der Waals surface area contributed by atoms with E-state index in [-0.39, 0.29) is 17.5 Å². The number of hydrogen-bond donors (Lipinski definition) is 2. The van der Waals surface area contributed by atoms with E-state index in [0.717, 1.165) is 0 Å². The monoisotopic (exact) mass is 221 g/mol. The molecule has 1 aromatic carbocycles. The molecule has 16 heavy (non-hydrogen) atoms. The number of rotatable bonds is 3. The van der Waals surface area contributed by atoms with Crippen molar-refractivity contribution in [1.82, 2.24) is 0 Å². The first-order chi connectivity index (χ1) is 7.52. The molecule has 6 nitrogen and oxygen atoms in total. The van der Waals surface area contributed by atoms with E-state index in [1.54, 1.807) is 6.07 Å². The smallest absolute Gasteiger partial charge is 0.221 e. The number of anilines is 2. The van der Waals surface area contributed by atoms with E-state index in [9.17, 15) is 14.5 Å². The normalized spacial score (nSPS) is 9.38. The van der Waals surface area contributed by atoms with Crippen LogP contribution >= 0.6 is 0 Å². The highest BCUT2D eigenvalue weighted by molar-refractivity contribution is 5.94. The van der Waals surface area contributed by atoms with Gasteiger partial charge in [-0.25, -0.2) is 0 Å². The van der Waals surface area contributed by atoms with E-state index in [4.69, 9.17) is 0 Å². The van der Waals surface area contributed by atoms with E-state index < -0.39 is 0 Å². The fourth-order valence-corrected chi connectivity index (χ4v) is 1.18. The molecule has 84 valence electrons. The molecule has 0 aliphatic carbocycles. The molecular weight excluding hydrogens is 210 g/mol. The summed E-state index contributed by atoms with van der Waals surface area (Å²) in [5, 5.41) is 7.74. The number of amides is 2. The van der Waals surface area contributed by atoms with Gasteiger partial charge in [-0.05, 0) is 23.4 Å². The van der Waals surface area contributed by atoms with Crippen LogP contribution in [0.1, 0.15) is 13.8 Å². The third-order valence-corrected chi connectivity index (χ3v) is 1.73. The Bertz CT molecular complexity index is 443. The van der Waals surface area contributed by atoms with Crippen LogP contribution in [-0.4, -0.2) is 11.8 Å². The lowest BCUT2D eigenvalue weighted by atomic mass is 10.2. The summed E-state index contributed by atoms with van der Waals surface area (Å²) in [5.74, 6) is -0.540. The minimum atomic E-state index is -0.294. The molecule has 0 bridgehead atoms. The largest absolute Gasteiger partial charge is 0.326 e. The van der Waals surface area contributed by atoms with Crippen molar-refractivity contribution in [2.75, 3.05) is 10.6 Å². The minimum absolute atomic E-state index is 0.0708. The molecule has 0 saturated heterocycles. The molecule has 2 N–H and O–H groups in total. The number of carbonyl (C=O) groups excluding carboxylic acids is 2. The maximum atomic E-state index is 10.8. The lowest BCUT2D eigenvalue weighted by Gasteiger charge is -2.07. The van der Waals surface area contributed by atoms with Crippen LogP contribution < -0.4 is 10.6 Å². The average Bonchev–Trinajstić information content (AvgIpc) is 2.18. The highest BCUT2D eigenvalue weighted by atomic mass is 16.3. The Morgan fingerprint density at radius 3 is 2.25 bits per heavy atom. The second kappa shape index (κ2) is 5.01. The average molecular weight is 221 g/mol. The fraction of sp³-hybridized carbons (Fsp3) is 0.200. The lowest BCUT2D eigenvalue weighted by molar-refractivity contribution is -0.115. The molecule has 0 radical (unpaired) electrons. The highest BCUT2D eigenvalue weighted by Crippen LogP contribution is 2.28. The summed E-state index contributed by atoms with van der Waals surface area (Å²) in [7, 11) is 0. The number of carbonyl (C=O) groups is 2. The van der Waals surface area contributed by atoms with Crippen molar-refractivity contribution in [3.63, 3.8) is 0 Å². The van der Waals surface area contributed by atoms with Gasteiger partial charge < -0.3 is 10.6 Å². The van der Waals surface area contributed by atoms with Gasteiger partial charge in [0, 0.05) is 19.5 Å². The van der Waals surface area contributed by atoms with Crippen molar-refractivity contribution in [1.29, 1.82) is 0 Å². The van der Waals surface area contributed by atoms with Gasteiger partial charge in [0.1, 0.15) is 5.69 Å². The first-order valence-electron chi connectivity index (χ1n) is 4.55. The van der Waals surface area contributed by atoms with E-state index in [0.29, 0.717) is 11.4 Å². The maximum Gasteiger partial charge on any atom is 0.221 e. The van der Waals surface area contributed by atoms with Crippen molar-refractivity contribution in [3.8, 4) is 0 Å². The van der Waals surface area contributed by atoms with Gasteiger partial charge in [-0.15, -0.1) is 4.91 Å². The topological polar surface area (TPSA) is 87.6 Å². The van der Waals surface area contributed by atoms with Crippen molar-refractivity contribution in [2.24, 2.45) is 5.18 Å². The van der Waals surface area contributed by atoms with E-state index in [1.807, 2.05) is 0 Å². The molecule has 1 aromatic rings. The molecule has 0 atom stereocenters. The van der Waals surface area contributed by atoms with Gasteiger partial charge in [0.15, 0.2) is 0 Å². The Hall–Kier alpha value is -2.24. The SMILES string of the molecule is CC(=O)Nc1ccc(NC(C)=O)c(N=O)c1. The number of benzene rings is 1. The lowest BCUT2D eigenvalue weighted by Crippen LogP contribution is -2.08. The van der Waals surface area contributed by atoms with Crippen molar-refractivity contribution >= 4 is 28.9 Å². The van der Waals surface area contributed by atoms with Gasteiger partial charge >= 0.3 is 0 Å². The molecule has 0 aliphatic rings. The quantitative estimate of drug-likeness (QED) is 0.765. The Balaban J connectivity index is 3.01. The zero-order valence-corrected chi connectivity index (χ0v) is 8.90. The molecular formula is C10H11N3O3. The molecule has 0 saturated carbocycles. The third-order valence-electron chi connectivity index (χ3n) is 1.73. The van der Waals surface area contributed by atoms with Crippen molar-refractivity contribution in [3.05, 3.63) is 23.1 Å². The second-order valence-electron chi connectivity index (χ2n) is 3.19. The van der Waals surface area contributed by atoms with Gasteiger partial charge in [-0.2, -0.15) is 0 Å². The first kappa shape index (κ1) is 11.8. The summed E-state index contributed by atoms with van der Waals surface area (Å²) in [6.45, 7) is 2.69. The van der Waals surface area contributed by atoms with Gasteiger partial charge in [0.2, 0.25) is 11.8 Å². The van der Waals surface area contributed by atoms with Crippen LogP contribution in [0.25, 0.3) is 0 Å². The Labute approximate surface area is 92.0 Å². The van der Waals surface area contributed by atoms with Gasteiger partial charge in [-0.1, -0.05) is 0 Å². The van der Waals surface area contributed by atoms with E-state index in [2.05, 4.69) is 15.8 Å². The first-order valence-corrected chi connectivity index (χ1v) is 4.55. The van der Waals surface area contributed by atoms with Crippen molar-refractivity contribution in [2.45, 2.75) is 13.8 Å². The number of nitrogens with one attached hydrogen (secondary N) is 2. The standard InChI is InChI=1S/C10H11N3O3/c1-6(14)11-8-3-4-9(12-7(2)15)10(5-8)13-16/h3-5H,1-2H3,(H,11,14)(H,12,15). The Morgan fingerprint density at radius 1 is 1.12 bits per heavy atom. The molecule has 1 rings (SSSR count). The summed E-state index contributed by atoms with van der Waals surface area (Å²) in [5.41, 5.74) is 0.842. The Kier molecular flexibility index (Phi) is 3.71. The zero-order chi connectivity index (χ0) is 12.1. The predicted molar refractivity (Wildman–Crippen MR) is 60.5 cm³/mol. The highest BCUT2D eigenvalue weighted by Gasteiger charge is 2.06. The van der Waals surface area contributed by atoms with Crippen LogP contribution in [0.2, 0.25) is 0 Å². The van der Waals surface area contributed by atoms with Crippen LogP contribution in [-0.2, 0) is 9.59 Å². The third kappa shape index (κ3) is 3.16. The van der Waals surface area contributed by atoms with Crippen LogP contribution in [0.5, 0.6) is 0 Å². The summed E-state index contributed by atoms with van der Waals surface area (Å²) >= 11 is 0. The zero-order valence-electron chi connectivity index (χ0n) is 8.90. The van der Waals surface area contributed by atoms with Crippen LogP contribution in [0.15, 0.2) is 23.4 Å². The fourth-order valence-electron chi connectivity index (χ4n) is 1.18. The minimum Gasteiger partial charge on any atom is -0.326 e. The van der Waals surface area contributed by atoms with E-state index in [1.165, 1.54) is 26.0 Å². The number of nitrogens with zero attached hydrogens (tertiary/aromatic N) is 1. The molecule has 0 fully saturated rings. The summed E-state index contributed by atoms with van der Waals surface area (Å²) in [4.78, 5) is 32.1. The molecule has 6 heteroatoms. The maximum absolute atomic E-state index is 10.8. The van der Waals surface area contributed by atoms with E-state index >= 15 is 0 Å². The summed E-state index contributed by atoms with van der Waals surface area (Å²) in [6, 6.07) is 4.46. The molecule has 0 spiro atoms. The Morgan fingerprint density at radius 2 is 1.75 bits per heavy atom. The van der Waals surface area contributed by atoms with Crippen LogP contribution in [0.4, 0.5) is 17.1 Å². The number of hydrogen-bond acceptors (Lipinski definition) is 4. The molecule has 2 amide bonds. The molecule has 0 heterocycles. The van der Waals surface area contributed by atoms with Crippen LogP contribution in [0.3, 0.4) is 0 Å². The number of nitroso groups, excluding NO2 is 1. The van der Waals surface area contributed by atoms with Gasteiger partial charge in [-0.3, -0.25) is 9.59 Å².